The molecular weight excluding hydrogens is 312 g/mol. The van der Waals surface area contributed by atoms with Gasteiger partial charge in [0.05, 0.1) is 11.5 Å². The average molecular weight is 319 g/mol. The highest BCUT2D eigenvalue weighted by Gasteiger charge is 2.41. The second-order valence-corrected chi connectivity index (χ2v) is 3.55. The van der Waals surface area contributed by atoms with Crippen molar-refractivity contribution in [3.63, 3.8) is 0 Å². The molecule has 0 spiro atoms. The predicted molar refractivity (Wildman–Crippen MR) is 56.0 cm³/mol. The van der Waals surface area contributed by atoms with E-state index < -0.39 is 40.2 Å². The first-order valence-electron chi connectivity index (χ1n) is 5.24. The summed E-state index contributed by atoms with van der Waals surface area (Å²) in [6, 6.07) is 0.129. The molecule has 0 saturated carbocycles. The van der Waals surface area contributed by atoms with Crippen LogP contribution in [0.5, 0.6) is 11.5 Å². The Kier molecular flexibility index (Phi) is 4.54. The highest BCUT2D eigenvalue weighted by molar-refractivity contribution is 5.56. The Bertz CT molecular complexity index is 540. The van der Waals surface area contributed by atoms with E-state index in [0.29, 0.717) is 0 Å². The Hall–Kier alpha value is -2.20. The van der Waals surface area contributed by atoms with Gasteiger partial charge in [-0.3, -0.25) is 10.1 Å². The van der Waals surface area contributed by atoms with Crippen LogP contribution in [0.15, 0.2) is 12.1 Å². The summed E-state index contributed by atoms with van der Waals surface area (Å²) in [5.41, 5.74) is -3.03. The number of nitrogens with zero attached hydrogens (tertiary/aromatic N) is 1. The van der Waals surface area contributed by atoms with Gasteiger partial charge < -0.3 is 9.47 Å². The molecule has 0 aliphatic heterocycles. The van der Waals surface area contributed by atoms with E-state index in [1.807, 2.05) is 0 Å². The van der Waals surface area contributed by atoms with Gasteiger partial charge in [-0.25, -0.2) is 0 Å². The van der Waals surface area contributed by atoms with Gasteiger partial charge in [0.25, 0.3) is 0 Å². The average Bonchev–Trinajstić information content (AvgIpc) is 2.25. The molecule has 0 bridgehead atoms. The summed E-state index contributed by atoms with van der Waals surface area (Å²) in [4.78, 5) is 9.47. The maximum absolute atomic E-state index is 12.7. The molecule has 0 atom stereocenters. The third kappa shape index (κ3) is 4.39. The minimum atomic E-state index is -5.39. The molecule has 1 aromatic rings. The maximum atomic E-state index is 12.7. The number of hydrogen-bond donors (Lipinski definition) is 0. The van der Waals surface area contributed by atoms with Crippen molar-refractivity contribution < 1.29 is 40.7 Å². The molecule has 118 valence electrons. The Morgan fingerprint density at radius 3 is 2.10 bits per heavy atom. The van der Waals surface area contributed by atoms with Crippen LogP contribution in [0, 0.1) is 10.1 Å². The minimum Gasteiger partial charge on any atom is -0.487 e. The molecule has 0 unspecified atom stereocenters. The van der Waals surface area contributed by atoms with Gasteiger partial charge in [-0.05, 0) is 6.92 Å². The zero-order valence-corrected chi connectivity index (χ0v) is 10.2. The molecule has 0 radical (unpaired) electrons. The van der Waals surface area contributed by atoms with Gasteiger partial charge in [0.1, 0.15) is 11.3 Å². The zero-order valence-electron chi connectivity index (χ0n) is 10.2. The van der Waals surface area contributed by atoms with E-state index in [9.17, 15) is 36.5 Å². The lowest BCUT2D eigenvalue weighted by Crippen LogP contribution is -2.20. The van der Waals surface area contributed by atoms with Crippen molar-refractivity contribution in [1.82, 2.24) is 0 Å². The van der Waals surface area contributed by atoms with Crippen molar-refractivity contribution >= 4 is 5.69 Å². The standard InChI is InChI=1S/C10H7F6NO4/c1-2-20-8-4-7(21-10(14,15)16)5(9(11,12)13)3-6(8)17(18)19/h3-4H,2H2,1H3. The lowest BCUT2D eigenvalue weighted by Gasteiger charge is -2.16. The summed E-state index contributed by atoms with van der Waals surface area (Å²) in [6.45, 7) is 1.16. The number of halogens is 6. The van der Waals surface area contributed by atoms with E-state index in [4.69, 9.17) is 0 Å². The van der Waals surface area contributed by atoms with Gasteiger partial charge in [-0.1, -0.05) is 0 Å². The van der Waals surface area contributed by atoms with Gasteiger partial charge in [0, 0.05) is 12.1 Å². The molecule has 21 heavy (non-hydrogen) atoms. The van der Waals surface area contributed by atoms with E-state index in [1.54, 1.807) is 0 Å². The Morgan fingerprint density at radius 2 is 1.71 bits per heavy atom. The topological polar surface area (TPSA) is 61.6 Å². The number of nitro benzene ring substituents is 1. The molecule has 0 aliphatic carbocycles. The molecular formula is C10H7F6NO4. The molecule has 0 aliphatic rings. The van der Waals surface area contributed by atoms with Gasteiger partial charge >= 0.3 is 18.2 Å². The fraction of sp³-hybridized carbons (Fsp3) is 0.400. The van der Waals surface area contributed by atoms with Crippen LogP contribution in [0.25, 0.3) is 0 Å². The first kappa shape index (κ1) is 16.9. The van der Waals surface area contributed by atoms with Crippen LogP contribution >= 0.6 is 0 Å². The van der Waals surface area contributed by atoms with Crippen LogP contribution in [0.4, 0.5) is 32.0 Å². The number of rotatable bonds is 4. The number of ether oxygens (including phenoxy) is 2. The molecule has 0 amide bonds. The molecule has 0 saturated heterocycles. The Morgan fingerprint density at radius 1 is 1.14 bits per heavy atom. The summed E-state index contributed by atoms with van der Waals surface area (Å²) < 4.78 is 82.3. The third-order valence-electron chi connectivity index (χ3n) is 2.09. The zero-order chi connectivity index (χ0) is 16.4. The maximum Gasteiger partial charge on any atom is 0.573 e. The molecule has 0 heterocycles. The molecule has 1 aromatic carbocycles. The smallest absolute Gasteiger partial charge is 0.487 e. The highest BCUT2D eigenvalue weighted by Crippen LogP contribution is 2.44. The number of nitro groups is 1. The fourth-order valence-corrected chi connectivity index (χ4v) is 1.39. The third-order valence-corrected chi connectivity index (χ3v) is 2.09. The first-order valence-corrected chi connectivity index (χ1v) is 5.24. The van der Waals surface area contributed by atoms with Gasteiger partial charge in [-0.2, -0.15) is 13.2 Å². The van der Waals surface area contributed by atoms with Crippen LogP contribution in [0.3, 0.4) is 0 Å². The lowest BCUT2D eigenvalue weighted by molar-refractivity contribution is -0.386. The van der Waals surface area contributed by atoms with Crippen molar-refractivity contribution in [2.24, 2.45) is 0 Å². The summed E-state index contributed by atoms with van der Waals surface area (Å²) in [6.07, 6.45) is -10.7. The van der Waals surface area contributed by atoms with E-state index in [2.05, 4.69) is 9.47 Å². The van der Waals surface area contributed by atoms with Crippen molar-refractivity contribution in [2.45, 2.75) is 19.5 Å². The van der Waals surface area contributed by atoms with Crippen LogP contribution < -0.4 is 9.47 Å². The number of benzene rings is 1. The summed E-state index contributed by atoms with van der Waals surface area (Å²) in [5.74, 6) is -2.38. The van der Waals surface area contributed by atoms with Crippen molar-refractivity contribution in [2.75, 3.05) is 6.61 Å². The SMILES string of the molecule is CCOc1cc(OC(F)(F)F)c(C(F)(F)F)cc1[N+](=O)[O-]. The lowest BCUT2D eigenvalue weighted by atomic mass is 10.1. The normalized spacial score (nSPS) is 12.1. The summed E-state index contributed by atoms with van der Waals surface area (Å²) >= 11 is 0. The molecule has 11 heteroatoms. The highest BCUT2D eigenvalue weighted by atomic mass is 19.4. The van der Waals surface area contributed by atoms with Gasteiger partial charge in [0.15, 0.2) is 0 Å². The van der Waals surface area contributed by atoms with Crippen LogP contribution in [0.2, 0.25) is 0 Å². The molecule has 0 aromatic heterocycles. The van der Waals surface area contributed by atoms with Crippen molar-refractivity contribution in [3.05, 3.63) is 27.8 Å². The van der Waals surface area contributed by atoms with Crippen LogP contribution in [0.1, 0.15) is 12.5 Å². The molecule has 1 rings (SSSR count). The Labute approximate surface area is 113 Å². The number of alkyl halides is 6. The van der Waals surface area contributed by atoms with E-state index >= 15 is 0 Å². The second-order valence-electron chi connectivity index (χ2n) is 3.55. The summed E-state index contributed by atoms with van der Waals surface area (Å²) in [5, 5.41) is 10.7. The van der Waals surface area contributed by atoms with E-state index in [1.165, 1.54) is 6.92 Å². The van der Waals surface area contributed by atoms with Crippen molar-refractivity contribution in [3.8, 4) is 11.5 Å². The minimum absolute atomic E-state index is 0.0634. The van der Waals surface area contributed by atoms with Gasteiger partial charge in [0.2, 0.25) is 5.75 Å². The fourth-order valence-electron chi connectivity index (χ4n) is 1.39. The first-order chi connectivity index (χ1) is 9.45. The Balaban J connectivity index is 3.52. The quantitative estimate of drug-likeness (QED) is 0.479. The largest absolute Gasteiger partial charge is 0.573 e. The van der Waals surface area contributed by atoms with Crippen molar-refractivity contribution in [1.29, 1.82) is 0 Å². The molecule has 0 N–H and O–H groups in total. The molecule has 5 nitrogen and oxygen atoms in total. The number of hydrogen-bond acceptors (Lipinski definition) is 4. The monoisotopic (exact) mass is 319 g/mol. The predicted octanol–water partition coefficient (Wildman–Crippen LogP) is 3.91. The second kappa shape index (κ2) is 5.66. The van der Waals surface area contributed by atoms with Crippen LogP contribution in [-0.4, -0.2) is 17.9 Å². The van der Waals surface area contributed by atoms with E-state index in [-0.39, 0.29) is 18.7 Å². The molecule has 0 fully saturated rings. The van der Waals surface area contributed by atoms with Gasteiger partial charge in [-0.15, -0.1) is 13.2 Å². The van der Waals surface area contributed by atoms with Crippen LogP contribution in [-0.2, 0) is 6.18 Å². The van der Waals surface area contributed by atoms with E-state index in [0.717, 1.165) is 0 Å². The summed E-state index contributed by atoms with van der Waals surface area (Å²) in [7, 11) is 0.